The summed E-state index contributed by atoms with van der Waals surface area (Å²) in [5, 5.41) is 0.811. The molecule has 1 aromatic carbocycles. The van der Waals surface area contributed by atoms with Gasteiger partial charge in [-0.1, -0.05) is 42.1 Å². The van der Waals surface area contributed by atoms with Crippen LogP contribution < -0.4 is 0 Å². The summed E-state index contributed by atoms with van der Waals surface area (Å²) in [5.74, 6) is 0. The summed E-state index contributed by atoms with van der Waals surface area (Å²) in [6.07, 6.45) is 3.77. The molecular formula is C11H10N2S. The molecule has 0 fully saturated rings. The van der Waals surface area contributed by atoms with Crippen LogP contribution in [0.25, 0.3) is 11.3 Å². The third-order valence-corrected chi connectivity index (χ3v) is 2.45. The molecule has 2 nitrogen and oxygen atoms in total. The van der Waals surface area contributed by atoms with Gasteiger partial charge < -0.3 is 0 Å². The van der Waals surface area contributed by atoms with Gasteiger partial charge >= 0.3 is 0 Å². The molecule has 0 aliphatic heterocycles. The first-order chi connectivity index (χ1) is 6.90. The van der Waals surface area contributed by atoms with Gasteiger partial charge in [-0.05, 0) is 12.3 Å². The number of nitrogens with zero attached hydrogens (tertiary/aromatic N) is 2. The van der Waals surface area contributed by atoms with E-state index < -0.39 is 0 Å². The first-order valence-electron chi connectivity index (χ1n) is 4.32. The third kappa shape index (κ3) is 1.93. The fraction of sp³-hybridized carbons (Fsp3) is 0.0909. The van der Waals surface area contributed by atoms with Gasteiger partial charge in [0.25, 0.3) is 0 Å². The molecule has 2 aromatic rings. The van der Waals surface area contributed by atoms with Crippen LogP contribution in [0.4, 0.5) is 0 Å². The van der Waals surface area contributed by atoms with Crippen molar-refractivity contribution in [2.24, 2.45) is 0 Å². The van der Waals surface area contributed by atoms with Crippen LogP contribution in [-0.2, 0) is 0 Å². The van der Waals surface area contributed by atoms with Crippen molar-refractivity contribution in [3.63, 3.8) is 0 Å². The maximum absolute atomic E-state index is 4.41. The largest absolute Gasteiger partial charge is 0.231 e. The lowest BCUT2D eigenvalue weighted by Gasteiger charge is -2.00. The molecule has 70 valence electrons. The van der Waals surface area contributed by atoms with E-state index in [1.54, 1.807) is 18.0 Å². The van der Waals surface area contributed by atoms with Crippen LogP contribution in [0.1, 0.15) is 0 Å². The van der Waals surface area contributed by atoms with Gasteiger partial charge in [-0.2, -0.15) is 0 Å². The molecule has 0 saturated carbocycles. The summed E-state index contributed by atoms with van der Waals surface area (Å²) in [6.45, 7) is 0. The number of aromatic nitrogens is 2. The highest BCUT2D eigenvalue weighted by atomic mass is 32.2. The van der Waals surface area contributed by atoms with Crippen molar-refractivity contribution in [3.8, 4) is 11.3 Å². The number of thioether (sulfide) groups is 1. The quantitative estimate of drug-likeness (QED) is 0.553. The Balaban J connectivity index is 2.42. The van der Waals surface area contributed by atoms with Crippen LogP contribution in [0.15, 0.2) is 47.8 Å². The first-order valence-corrected chi connectivity index (χ1v) is 5.55. The molecule has 1 aromatic heterocycles. The van der Waals surface area contributed by atoms with E-state index in [4.69, 9.17) is 0 Å². The second kappa shape index (κ2) is 4.24. The van der Waals surface area contributed by atoms with Gasteiger partial charge in [0, 0.05) is 11.8 Å². The first kappa shape index (κ1) is 9.21. The van der Waals surface area contributed by atoms with Crippen molar-refractivity contribution in [1.82, 2.24) is 9.97 Å². The minimum Gasteiger partial charge on any atom is -0.231 e. The maximum atomic E-state index is 4.41. The molecule has 0 aliphatic carbocycles. The molecule has 0 amide bonds. The normalized spacial score (nSPS) is 10.1. The Morgan fingerprint density at radius 2 is 1.86 bits per heavy atom. The zero-order valence-electron chi connectivity index (χ0n) is 7.84. The Bertz CT molecular complexity index is 415. The van der Waals surface area contributed by atoms with Gasteiger partial charge in [0.05, 0.1) is 5.69 Å². The highest BCUT2D eigenvalue weighted by Crippen LogP contribution is 2.17. The van der Waals surface area contributed by atoms with Crippen LogP contribution in [-0.4, -0.2) is 16.2 Å². The summed E-state index contributed by atoms with van der Waals surface area (Å²) < 4.78 is 0. The molecule has 0 radical (unpaired) electrons. The summed E-state index contributed by atoms with van der Waals surface area (Å²) in [6, 6.07) is 12.0. The number of rotatable bonds is 2. The molecule has 0 atom stereocenters. The van der Waals surface area contributed by atoms with Gasteiger partial charge in [0.15, 0.2) is 5.16 Å². The molecule has 14 heavy (non-hydrogen) atoms. The smallest absolute Gasteiger partial charge is 0.187 e. The van der Waals surface area contributed by atoms with E-state index in [9.17, 15) is 0 Å². The highest BCUT2D eigenvalue weighted by Gasteiger charge is 1.99. The molecule has 0 spiro atoms. The van der Waals surface area contributed by atoms with Gasteiger partial charge in [0.1, 0.15) is 0 Å². The second-order valence-corrected chi connectivity index (χ2v) is 3.57. The molecule has 2 rings (SSSR count). The topological polar surface area (TPSA) is 25.8 Å². The minimum absolute atomic E-state index is 0.811. The van der Waals surface area contributed by atoms with E-state index in [0.717, 1.165) is 16.4 Å². The second-order valence-electron chi connectivity index (χ2n) is 2.79. The summed E-state index contributed by atoms with van der Waals surface area (Å²) in [7, 11) is 0. The predicted molar refractivity (Wildman–Crippen MR) is 59.2 cm³/mol. The third-order valence-electron chi connectivity index (χ3n) is 1.89. The van der Waals surface area contributed by atoms with Crippen LogP contribution in [0.3, 0.4) is 0 Å². The Labute approximate surface area is 87.4 Å². The number of hydrogen-bond acceptors (Lipinski definition) is 3. The highest BCUT2D eigenvalue weighted by molar-refractivity contribution is 7.98. The van der Waals surface area contributed by atoms with Crippen molar-refractivity contribution in [1.29, 1.82) is 0 Å². The van der Waals surface area contributed by atoms with E-state index in [-0.39, 0.29) is 0 Å². The molecule has 3 heteroatoms. The Morgan fingerprint density at radius 1 is 1.07 bits per heavy atom. The lowest BCUT2D eigenvalue weighted by atomic mass is 10.1. The van der Waals surface area contributed by atoms with Crippen molar-refractivity contribution >= 4 is 11.8 Å². The molecule has 0 saturated heterocycles. The Morgan fingerprint density at radius 3 is 2.57 bits per heavy atom. The fourth-order valence-electron chi connectivity index (χ4n) is 1.21. The van der Waals surface area contributed by atoms with E-state index in [1.807, 2.05) is 42.7 Å². The predicted octanol–water partition coefficient (Wildman–Crippen LogP) is 2.87. The Hall–Kier alpha value is -1.35. The van der Waals surface area contributed by atoms with Crippen molar-refractivity contribution < 1.29 is 0 Å². The van der Waals surface area contributed by atoms with Crippen molar-refractivity contribution in [2.45, 2.75) is 5.16 Å². The SMILES string of the molecule is CSc1nccc(-c2ccccc2)n1. The number of hydrogen-bond donors (Lipinski definition) is 0. The monoisotopic (exact) mass is 202 g/mol. The van der Waals surface area contributed by atoms with E-state index in [1.165, 1.54) is 0 Å². The average Bonchev–Trinajstić information content (AvgIpc) is 2.30. The lowest BCUT2D eigenvalue weighted by Crippen LogP contribution is -1.88. The van der Waals surface area contributed by atoms with Gasteiger partial charge in [0.2, 0.25) is 0 Å². The number of benzene rings is 1. The summed E-state index contributed by atoms with van der Waals surface area (Å²) >= 11 is 1.56. The van der Waals surface area contributed by atoms with Crippen LogP contribution in [0, 0.1) is 0 Å². The Kier molecular flexibility index (Phi) is 2.79. The molecule has 0 aliphatic rings. The summed E-state index contributed by atoms with van der Waals surface area (Å²) in [4.78, 5) is 8.55. The zero-order valence-corrected chi connectivity index (χ0v) is 8.66. The molecule has 0 N–H and O–H groups in total. The standard InChI is InChI=1S/C11H10N2S/c1-14-11-12-8-7-10(13-11)9-5-3-2-4-6-9/h2-8H,1H3. The van der Waals surface area contributed by atoms with Gasteiger partial charge in [-0.25, -0.2) is 9.97 Å². The molecule has 0 bridgehead atoms. The van der Waals surface area contributed by atoms with Crippen molar-refractivity contribution in [2.75, 3.05) is 6.26 Å². The van der Waals surface area contributed by atoms with E-state index >= 15 is 0 Å². The van der Waals surface area contributed by atoms with E-state index in [0.29, 0.717) is 0 Å². The molecular weight excluding hydrogens is 192 g/mol. The van der Waals surface area contributed by atoms with E-state index in [2.05, 4.69) is 9.97 Å². The fourth-order valence-corrected chi connectivity index (χ4v) is 1.56. The molecule has 0 unspecified atom stereocenters. The van der Waals surface area contributed by atoms with Crippen LogP contribution in [0.5, 0.6) is 0 Å². The van der Waals surface area contributed by atoms with Crippen LogP contribution >= 0.6 is 11.8 Å². The summed E-state index contributed by atoms with van der Waals surface area (Å²) in [5.41, 5.74) is 2.11. The van der Waals surface area contributed by atoms with Crippen LogP contribution in [0.2, 0.25) is 0 Å². The maximum Gasteiger partial charge on any atom is 0.187 e. The van der Waals surface area contributed by atoms with Gasteiger partial charge in [-0.15, -0.1) is 0 Å². The molecule has 1 heterocycles. The lowest BCUT2D eigenvalue weighted by molar-refractivity contribution is 0.976. The van der Waals surface area contributed by atoms with Crippen molar-refractivity contribution in [3.05, 3.63) is 42.6 Å². The zero-order chi connectivity index (χ0) is 9.80. The minimum atomic E-state index is 0.811. The average molecular weight is 202 g/mol. The van der Waals surface area contributed by atoms with Gasteiger partial charge in [-0.3, -0.25) is 0 Å².